The predicted molar refractivity (Wildman–Crippen MR) is 55.7 cm³/mol. The average Bonchev–Trinajstić information content (AvgIpc) is 2.01. The molecule has 0 aromatic rings. The third-order valence-corrected chi connectivity index (χ3v) is 1.98. The van der Waals surface area contributed by atoms with Crippen molar-refractivity contribution in [3.8, 4) is 0 Å². The molecule has 0 saturated heterocycles. The zero-order valence-electron chi connectivity index (χ0n) is 9.03. The van der Waals surface area contributed by atoms with Gasteiger partial charge in [-0.25, -0.2) is 0 Å². The highest BCUT2D eigenvalue weighted by Gasteiger charge is 2.05. The van der Waals surface area contributed by atoms with Gasteiger partial charge >= 0.3 is 0 Å². The highest BCUT2D eigenvalue weighted by Crippen LogP contribution is 1.91. The molecule has 0 heterocycles. The van der Waals surface area contributed by atoms with Crippen LogP contribution in [0.25, 0.3) is 0 Å². The molecular weight excluding hydrogens is 166 g/mol. The summed E-state index contributed by atoms with van der Waals surface area (Å²) < 4.78 is 0. The minimum atomic E-state index is 0.0946. The molecule has 1 unspecified atom stereocenters. The summed E-state index contributed by atoms with van der Waals surface area (Å²) in [5.41, 5.74) is 5.78. The lowest BCUT2D eigenvalue weighted by molar-refractivity contribution is 0.234. The number of rotatable bonds is 7. The summed E-state index contributed by atoms with van der Waals surface area (Å²) in [6, 6.07) is 0.0946. The van der Waals surface area contributed by atoms with Gasteiger partial charge in [0.15, 0.2) is 0 Å². The van der Waals surface area contributed by atoms with Gasteiger partial charge in [0.05, 0.1) is 0 Å². The molecule has 3 N–H and O–H groups in total. The first kappa shape index (κ1) is 12.8. The molecule has 0 aromatic heterocycles. The lowest BCUT2D eigenvalue weighted by Gasteiger charge is -2.22. The minimum absolute atomic E-state index is 0.0946. The molecule has 4 nitrogen and oxygen atoms in total. The number of hydrogen-bond acceptors (Lipinski definition) is 4. The van der Waals surface area contributed by atoms with E-state index in [0.717, 1.165) is 19.6 Å². The lowest BCUT2D eigenvalue weighted by atomic mass is 10.2. The van der Waals surface area contributed by atoms with Crippen LogP contribution in [0.5, 0.6) is 0 Å². The summed E-state index contributed by atoms with van der Waals surface area (Å²) in [6.07, 6.45) is 0.687. The molecular formula is C9H23N3O. The highest BCUT2D eigenvalue weighted by molar-refractivity contribution is 4.65. The van der Waals surface area contributed by atoms with Gasteiger partial charge in [-0.1, -0.05) is 0 Å². The van der Waals surface area contributed by atoms with Crippen molar-refractivity contribution in [1.29, 1.82) is 0 Å². The first-order valence-corrected chi connectivity index (χ1v) is 4.76. The number of likely N-dealkylation sites (N-methyl/N-ethyl adjacent to an activating group) is 2. The van der Waals surface area contributed by atoms with E-state index in [9.17, 15) is 0 Å². The van der Waals surface area contributed by atoms with Crippen molar-refractivity contribution in [3.05, 3.63) is 0 Å². The monoisotopic (exact) mass is 189 g/mol. The molecule has 0 aliphatic carbocycles. The van der Waals surface area contributed by atoms with Crippen molar-refractivity contribution in [2.24, 2.45) is 5.73 Å². The zero-order chi connectivity index (χ0) is 10.3. The summed E-state index contributed by atoms with van der Waals surface area (Å²) >= 11 is 0. The van der Waals surface area contributed by atoms with Crippen LogP contribution in [0.2, 0.25) is 0 Å². The molecule has 0 rings (SSSR count). The summed E-state index contributed by atoms with van der Waals surface area (Å²) in [5.74, 6) is 0. The average molecular weight is 189 g/mol. The topological polar surface area (TPSA) is 52.7 Å². The summed E-state index contributed by atoms with van der Waals surface area (Å²) in [7, 11) is 6.17. The fraction of sp³-hybridized carbons (Fsp3) is 1.00. The molecule has 0 bridgehead atoms. The van der Waals surface area contributed by atoms with Gasteiger partial charge in [0.1, 0.15) is 0 Å². The number of nitrogens with zero attached hydrogens (tertiary/aromatic N) is 2. The Labute approximate surface area is 81.3 Å². The Bertz CT molecular complexity index is 119. The van der Waals surface area contributed by atoms with Crippen LogP contribution >= 0.6 is 0 Å². The van der Waals surface area contributed by atoms with Crippen LogP contribution < -0.4 is 5.73 Å². The van der Waals surface area contributed by atoms with Crippen LogP contribution in [0.15, 0.2) is 0 Å². The van der Waals surface area contributed by atoms with Crippen molar-refractivity contribution in [3.63, 3.8) is 0 Å². The molecule has 0 saturated carbocycles. The van der Waals surface area contributed by atoms with Gasteiger partial charge in [-0.2, -0.15) is 0 Å². The van der Waals surface area contributed by atoms with E-state index in [4.69, 9.17) is 10.8 Å². The molecule has 1 atom stereocenters. The van der Waals surface area contributed by atoms with Crippen molar-refractivity contribution in [1.82, 2.24) is 9.80 Å². The van der Waals surface area contributed by atoms with Gasteiger partial charge in [-0.3, -0.25) is 0 Å². The number of aliphatic hydroxyl groups is 1. The fourth-order valence-electron chi connectivity index (χ4n) is 1.12. The van der Waals surface area contributed by atoms with Gasteiger partial charge in [0, 0.05) is 32.3 Å². The zero-order valence-corrected chi connectivity index (χ0v) is 9.03. The quantitative estimate of drug-likeness (QED) is 0.550. The molecule has 4 heteroatoms. The molecule has 13 heavy (non-hydrogen) atoms. The van der Waals surface area contributed by atoms with E-state index in [1.165, 1.54) is 0 Å². The predicted octanol–water partition coefficient (Wildman–Crippen LogP) is -0.810. The van der Waals surface area contributed by atoms with E-state index in [0.29, 0.717) is 6.42 Å². The van der Waals surface area contributed by atoms with Crippen LogP contribution in [-0.4, -0.2) is 68.3 Å². The smallest absolute Gasteiger partial charge is 0.0446 e. The molecule has 0 amide bonds. The lowest BCUT2D eigenvalue weighted by Crippen LogP contribution is -2.38. The van der Waals surface area contributed by atoms with E-state index in [2.05, 4.69) is 30.9 Å². The Morgan fingerprint density at radius 3 is 2.31 bits per heavy atom. The van der Waals surface area contributed by atoms with Crippen molar-refractivity contribution >= 4 is 0 Å². The third kappa shape index (κ3) is 8.18. The Morgan fingerprint density at radius 1 is 1.23 bits per heavy atom. The fourth-order valence-corrected chi connectivity index (χ4v) is 1.12. The van der Waals surface area contributed by atoms with E-state index in [1.54, 1.807) is 0 Å². The maximum absolute atomic E-state index is 8.66. The Hall–Kier alpha value is -0.160. The number of nitrogens with two attached hydrogens (primary N) is 1. The van der Waals surface area contributed by atoms with Gasteiger partial charge in [-0.05, 0) is 27.6 Å². The molecule has 0 radical (unpaired) electrons. The van der Waals surface area contributed by atoms with Crippen molar-refractivity contribution in [2.75, 3.05) is 47.4 Å². The Balaban J connectivity index is 3.43. The second kappa shape index (κ2) is 7.26. The normalized spacial score (nSPS) is 14.1. The van der Waals surface area contributed by atoms with Gasteiger partial charge in [0.2, 0.25) is 0 Å². The van der Waals surface area contributed by atoms with E-state index < -0.39 is 0 Å². The van der Waals surface area contributed by atoms with Crippen LogP contribution in [0.3, 0.4) is 0 Å². The van der Waals surface area contributed by atoms with Crippen LogP contribution in [0.1, 0.15) is 6.42 Å². The van der Waals surface area contributed by atoms with Crippen LogP contribution in [-0.2, 0) is 0 Å². The molecule has 0 aromatic carbocycles. The molecule has 0 spiro atoms. The van der Waals surface area contributed by atoms with Crippen LogP contribution in [0.4, 0.5) is 0 Å². The Kier molecular flexibility index (Phi) is 7.17. The second-order valence-corrected chi connectivity index (χ2v) is 3.84. The van der Waals surface area contributed by atoms with E-state index >= 15 is 0 Å². The van der Waals surface area contributed by atoms with Gasteiger partial charge in [-0.15, -0.1) is 0 Å². The standard InChI is InChI=1S/C9H23N3O/c1-11(2)5-6-12(3)8-9(10)4-7-13/h9,13H,4-8,10H2,1-3H3. The van der Waals surface area contributed by atoms with Gasteiger partial charge < -0.3 is 20.6 Å². The first-order valence-electron chi connectivity index (χ1n) is 4.76. The van der Waals surface area contributed by atoms with E-state index in [-0.39, 0.29) is 12.6 Å². The third-order valence-electron chi connectivity index (χ3n) is 1.98. The second-order valence-electron chi connectivity index (χ2n) is 3.84. The van der Waals surface area contributed by atoms with Crippen LogP contribution in [0, 0.1) is 0 Å². The molecule has 0 fully saturated rings. The Morgan fingerprint density at radius 2 is 1.85 bits per heavy atom. The SMILES string of the molecule is CN(C)CCN(C)CC(N)CCO. The summed E-state index contributed by atoms with van der Waals surface area (Å²) in [5, 5.41) is 8.66. The van der Waals surface area contributed by atoms with Crippen molar-refractivity contribution < 1.29 is 5.11 Å². The maximum atomic E-state index is 8.66. The number of aliphatic hydroxyl groups excluding tert-OH is 1. The summed E-state index contributed by atoms with van der Waals surface area (Å²) in [4.78, 5) is 4.34. The highest BCUT2D eigenvalue weighted by atomic mass is 16.3. The summed E-state index contributed by atoms with van der Waals surface area (Å²) in [6.45, 7) is 3.10. The van der Waals surface area contributed by atoms with Gasteiger partial charge in [0.25, 0.3) is 0 Å². The molecule has 80 valence electrons. The molecule has 0 aliphatic rings. The largest absolute Gasteiger partial charge is 0.396 e. The molecule has 0 aliphatic heterocycles. The minimum Gasteiger partial charge on any atom is -0.396 e. The maximum Gasteiger partial charge on any atom is 0.0446 e. The first-order chi connectivity index (χ1) is 6.06. The number of hydrogen-bond donors (Lipinski definition) is 2. The van der Waals surface area contributed by atoms with E-state index in [1.807, 2.05) is 0 Å². The van der Waals surface area contributed by atoms with Crippen molar-refractivity contribution in [2.45, 2.75) is 12.5 Å².